The molecule has 0 heterocycles. The van der Waals surface area contributed by atoms with E-state index < -0.39 is 11.6 Å². The van der Waals surface area contributed by atoms with E-state index in [-0.39, 0.29) is 23.3 Å². The molecule has 0 fully saturated rings. The zero-order valence-corrected chi connectivity index (χ0v) is 10.3. The average Bonchev–Trinajstić information content (AvgIpc) is 2.15. The van der Waals surface area contributed by atoms with E-state index in [0.717, 1.165) is 12.1 Å². The first kappa shape index (κ1) is 13.8. The summed E-state index contributed by atoms with van der Waals surface area (Å²) in [5.74, 6) is -1.79. The van der Waals surface area contributed by atoms with Crippen LogP contribution in [0.15, 0.2) is 18.2 Å². The van der Waals surface area contributed by atoms with Gasteiger partial charge >= 0.3 is 0 Å². The van der Waals surface area contributed by atoms with E-state index in [1.54, 1.807) is 0 Å². The Balaban J connectivity index is 2.59. The van der Waals surface area contributed by atoms with Crippen molar-refractivity contribution in [3.05, 3.63) is 35.4 Å². The summed E-state index contributed by atoms with van der Waals surface area (Å²) in [6.07, 6.45) is 0.194. The second-order valence-electron chi connectivity index (χ2n) is 4.97. The zero-order valence-electron chi connectivity index (χ0n) is 10.3. The molecular formula is C13H17F2NO. The highest BCUT2D eigenvalue weighted by Crippen LogP contribution is 2.11. The lowest BCUT2D eigenvalue weighted by molar-refractivity contribution is 0.0976. The monoisotopic (exact) mass is 241 g/mol. The predicted octanol–water partition coefficient (Wildman–Crippen LogP) is 2.93. The quantitative estimate of drug-likeness (QED) is 0.821. The number of halogens is 2. The Bertz CT molecular complexity index is 410. The Morgan fingerprint density at radius 2 is 1.94 bits per heavy atom. The highest BCUT2D eigenvalue weighted by atomic mass is 19.1. The Labute approximate surface area is 100 Å². The maximum Gasteiger partial charge on any atom is 0.167 e. The minimum absolute atomic E-state index is 0.0536. The lowest BCUT2D eigenvalue weighted by Gasteiger charge is -2.20. The summed E-state index contributed by atoms with van der Waals surface area (Å²) in [7, 11) is 0. The van der Waals surface area contributed by atoms with Crippen molar-refractivity contribution in [2.75, 3.05) is 6.54 Å². The number of carbonyl (C=O) groups excluding carboxylic acids is 1. The first-order valence-electron chi connectivity index (χ1n) is 5.53. The highest BCUT2D eigenvalue weighted by molar-refractivity contribution is 5.96. The summed E-state index contributed by atoms with van der Waals surface area (Å²) in [5, 5.41) is 3.14. The molecule has 0 aliphatic carbocycles. The van der Waals surface area contributed by atoms with Crippen molar-refractivity contribution < 1.29 is 13.6 Å². The molecular weight excluding hydrogens is 224 g/mol. The Morgan fingerprint density at radius 3 is 2.47 bits per heavy atom. The fourth-order valence-corrected chi connectivity index (χ4v) is 1.40. The molecule has 0 saturated heterocycles. The van der Waals surface area contributed by atoms with E-state index in [1.165, 1.54) is 6.07 Å². The summed E-state index contributed by atoms with van der Waals surface area (Å²) >= 11 is 0. The number of carbonyl (C=O) groups is 1. The van der Waals surface area contributed by atoms with Crippen LogP contribution in [0.3, 0.4) is 0 Å². The van der Waals surface area contributed by atoms with E-state index in [4.69, 9.17) is 0 Å². The van der Waals surface area contributed by atoms with Gasteiger partial charge in [0.05, 0.1) is 5.56 Å². The van der Waals surface area contributed by atoms with Crippen molar-refractivity contribution in [3.8, 4) is 0 Å². The van der Waals surface area contributed by atoms with Crippen molar-refractivity contribution >= 4 is 5.78 Å². The molecule has 0 spiro atoms. The van der Waals surface area contributed by atoms with Gasteiger partial charge in [0.15, 0.2) is 5.78 Å². The van der Waals surface area contributed by atoms with Crippen LogP contribution in [0, 0.1) is 11.6 Å². The summed E-state index contributed by atoms with van der Waals surface area (Å²) in [5.41, 5.74) is -0.135. The maximum atomic E-state index is 13.3. The smallest absolute Gasteiger partial charge is 0.167 e. The lowest BCUT2D eigenvalue weighted by Crippen LogP contribution is -2.37. The maximum absolute atomic E-state index is 13.3. The van der Waals surface area contributed by atoms with Gasteiger partial charge in [0.2, 0.25) is 0 Å². The van der Waals surface area contributed by atoms with E-state index in [2.05, 4.69) is 5.32 Å². The Kier molecular flexibility index (Phi) is 4.34. The van der Waals surface area contributed by atoms with Crippen molar-refractivity contribution in [3.63, 3.8) is 0 Å². The van der Waals surface area contributed by atoms with Crippen LogP contribution in [-0.4, -0.2) is 17.9 Å². The van der Waals surface area contributed by atoms with Crippen LogP contribution in [0.2, 0.25) is 0 Å². The van der Waals surface area contributed by atoms with Crippen LogP contribution in [0.25, 0.3) is 0 Å². The molecule has 0 radical (unpaired) electrons. The fourth-order valence-electron chi connectivity index (χ4n) is 1.40. The Hall–Kier alpha value is -1.29. The number of ketones is 1. The molecule has 2 nitrogen and oxygen atoms in total. The van der Waals surface area contributed by atoms with E-state index in [9.17, 15) is 13.6 Å². The van der Waals surface area contributed by atoms with Gasteiger partial charge in [0.25, 0.3) is 0 Å². The van der Waals surface area contributed by atoms with Crippen LogP contribution in [0.1, 0.15) is 37.6 Å². The van der Waals surface area contributed by atoms with Crippen molar-refractivity contribution in [1.29, 1.82) is 0 Å². The fraction of sp³-hybridized carbons (Fsp3) is 0.462. The second kappa shape index (κ2) is 5.36. The molecule has 4 heteroatoms. The molecule has 0 aliphatic heterocycles. The lowest BCUT2D eigenvalue weighted by atomic mass is 10.1. The summed E-state index contributed by atoms with van der Waals surface area (Å²) < 4.78 is 25.9. The first-order valence-corrected chi connectivity index (χ1v) is 5.53. The highest BCUT2D eigenvalue weighted by Gasteiger charge is 2.14. The van der Waals surface area contributed by atoms with Crippen LogP contribution < -0.4 is 5.32 Å². The Morgan fingerprint density at radius 1 is 1.29 bits per heavy atom. The molecule has 0 saturated carbocycles. The summed E-state index contributed by atoms with van der Waals surface area (Å²) in [6, 6.07) is 3.00. The third-order valence-corrected chi connectivity index (χ3v) is 2.24. The minimum Gasteiger partial charge on any atom is -0.312 e. The number of hydrogen-bond donors (Lipinski definition) is 1. The third-order valence-electron chi connectivity index (χ3n) is 2.24. The number of rotatable bonds is 4. The van der Waals surface area contributed by atoms with Crippen molar-refractivity contribution in [1.82, 2.24) is 5.32 Å². The van der Waals surface area contributed by atoms with Crippen LogP contribution in [0.5, 0.6) is 0 Å². The van der Waals surface area contributed by atoms with Crippen LogP contribution in [0.4, 0.5) is 8.78 Å². The molecule has 94 valence electrons. The zero-order chi connectivity index (χ0) is 13.1. The molecule has 1 aromatic rings. The van der Waals surface area contributed by atoms with Gasteiger partial charge in [-0.2, -0.15) is 0 Å². The molecule has 0 atom stereocenters. The standard InChI is InChI=1S/C13H17F2NO/c1-13(2,3)16-7-6-12(17)10-5-4-9(14)8-11(10)15/h4-5,8,16H,6-7H2,1-3H3. The van der Waals surface area contributed by atoms with Gasteiger partial charge in [-0.25, -0.2) is 8.78 Å². The van der Waals surface area contributed by atoms with E-state index in [1.807, 2.05) is 20.8 Å². The van der Waals surface area contributed by atoms with Crippen molar-refractivity contribution in [2.45, 2.75) is 32.7 Å². The topological polar surface area (TPSA) is 29.1 Å². The minimum atomic E-state index is -0.800. The molecule has 1 aromatic carbocycles. The number of Topliss-reactive ketones (excluding diaryl/α,β-unsaturated/α-hetero) is 1. The molecule has 1 N–H and O–H groups in total. The van der Waals surface area contributed by atoms with Gasteiger partial charge in [0, 0.05) is 24.6 Å². The number of benzene rings is 1. The van der Waals surface area contributed by atoms with Gasteiger partial charge in [0.1, 0.15) is 11.6 Å². The molecule has 0 aromatic heterocycles. The predicted molar refractivity (Wildman–Crippen MR) is 63.1 cm³/mol. The van der Waals surface area contributed by atoms with Crippen LogP contribution in [-0.2, 0) is 0 Å². The van der Waals surface area contributed by atoms with Gasteiger partial charge < -0.3 is 5.32 Å². The molecule has 0 amide bonds. The molecule has 0 unspecified atom stereocenters. The summed E-state index contributed by atoms with van der Waals surface area (Å²) in [6.45, 7) is 6.42. The van der Waals surface area contributed by atoms with Crippen LogP contribution >= 0.6 is 0 Å². The molecule has 1 rings (SSSR count). The first-order chi connectivity index (χ1) is 7.79. The molecule has 0 aliphatic rings. The third kappa shape index (κ3) is 4.61. The number of hydrogen-bond acceptors (Lipinski definition) is 2. The van der Waals surface area contributed by atoms with Gasteiger partial charge in [-0.05, 0) is 32.9 Å². The average molecular weight is 241 g/mol. The van der Waals surface area contributed by atoms with Gasteiger partial charge in [-0.3, -0.25) is 4.79 Å². The van der Waals surface area contributed by atoms with E-state index in [0.29, 0.717) is 6.54 Å². The molecule has 17 heavy (non-hydrogen) atoms. The second-order valence-corrected chi connectivity index (χ2v) is 4.97. The normalized spacial score (nSPS) is 11.6. The SMILES string of the molecule is CC(C)(C)NCCC(=O)c1ccc(F)cc1F. The summed E-state index contributed by atoms with van der Waals surface area (Å²) in [4.78, 5) is 11.7. The van der Waals surface area contributed by atoms with Crippen molar-refractivity contribution in [2.24, 2.45) is 0 Å². The van der Waals surface area contributed by atoms with Gasteiger partial charge in [-0.1, -0.05) is 0 Å². The van der Waals surface area contributed by atoms with Gasteiger partial charge in [-0.15, -0.1) is 0 Å². The van der Waals surface area contributed by atoms with E-state index >= 15 is 0 Å². The largest absolute Gasteiger partial charge is 0.312 e. The molecule has 0 bridgehead atoms. The number of nitrogens with one attached hydrogen (secondary N) is 1.